The van der Waals surface area contributed by atoms with Gasteiger partial charge >= 0.3 is 13.8 Å². The predicted octanol–water partition coefficient (Wildman–Crippen LogP) is 4.85. The Labute approximate surface area is 196 Å². The molecule has 0 saturated heterocycles. The zero-order valence-electron chi connectivity index (χ0n) is 19.8. The van der Waals surface area contributed by atoms with Crippen LogP contribution in [0, 0.1) is 0 Å². The number of phosphoric ester groups is 1. The van der Waals surface area contributed by atoms with Crippen molar-refractivity contribution in [2.24, 2.45) is 0 Å². The largest absolute Gasteiger partial charge is 0.494 e. The van der Waals surface area contributed by atoms with Crippen LogP contribution in [0.5, 0.6) is 5.75 Å². The second-order valence-corrected chi connectivity index (χ2v) is 10.6. The van der Waals surface area contributed by atoms with Crippen molar-refractivity contribution in [2.45, 2.75) is 44.6 Å². The Morgan fingerprint density at radius 1 is 0.970 bits per heavy atom. The summed E-state index contributed by atoms with van der Waals surface area (Å²) in [7, 11) is 1.26. The molecule has 0 aliphatic carbocycles. The molecule has 33 heavy (non-hydrogen) atoms. The van der Waals surface area contributed by atoms with Gasteiger partial charge in [-0.05, 0) is 35.7 Å². The van der Waals surface area contributed by atoms with Gasteiger partial charge in [-0.15, -0.1) is 0 Å². The van der Waals surface area contributed by atoms with Crippen LogP contribution >= 0.6 is 7.82 Å². The van der Waals surface area contributed by atoms with Crippen LogP contribution in [0.2, 0.25) is 0 Å². The average molecular weight is 483 g/mol. The highest BCUT2D eigenvalue weighted by Gasteiger charge is 2.31. The first-order chi connectivity index (χ1) is 15.5. The fourth-order valence-corrected chi connectivity index (χ4v) is 4.46. The number of fused-ring (bicyclic) bond motifs is 1. The van der Waals surface area contributed by atoms with Gasteiger partial charge < -0.3 is 19.2 Å². The van der Waals surface area contributed by atoms with Crippen molar-refractivity contribution < 1.29 is 37.6 Å². The maximum atomic E-state index is 12.2. The van der Waals surface area contributed by atoms with E-state index in [1.165, 1.54) is 5.39 Å². The first-order valence-corrected chi connectivity index (χ1v) is 12.8. The first-order valence-electron chi connectivity index (χ1n) is 11.3. The highest BCUT2D eigenvalue weighted by atomic mass is 31.2. The highest BCUT2D eigenvalue weighted by Crippen LogP contribution is 2.45. The van der Waals surface area contributed by atoms with Gasteiger partial charge in [0, 0.05) is 0 Å². The zero-order valence-corrected chi connectivity index (χ0v) is 20.7. The normalized spacial score (nSPS) is 14.7. The maximum Gasteiger partial charge on any atom is 0.472 e. The van der Waals surface area contributed by atoms with Crippen LogP contribution in [-0.4, -0.2) is 67.5 Å². The molecule has 0 amide bonds. The molecule has 2 unspecified atom stereocenters. The summed E-state index contributed by atoms with van der Waals surface area (Å²) in [5.41, 5.74) is 0. The number of ether oxygens (including phenoxy) is 1. The first kappa shape index (κ1) is 27.3. The number of hydrogen-bond donors (Lipinski definition) is 2. The lowest BCUT2D eigenvalue weighted by atomic mass is 10.1. The number of quaternary nitrogens is 1. The summed E-state index contributed by atoms with van der Waals surface area (Å²) in [6.45, 7) is 1.01. The molecule has 2 aromatic carbocycles. The molecule has 0 heterocycles. The molecular weight excluding hydrogens is 445 g/mol. The van der Waals surface area contributed by atoms with Crippen LogP contribution in [0.25, 0.3) is 10.8 Å². The van der Waals surface area contributed by atoms with Crippen molar-refractivity contribution in [2.75, 3.05) is 40.9 Å². The third kappa shape index (κ3) is 11.6. The van der Waals surface area contributed by atoms with Crippen molar-refractivity contribution >= 4 is 24.6 Å². The van der Waals surface area contributed by atoms with E-state index in [0.29, 0.717) is 17.5 Å². The lowest BCUT2D eigenvalue weighted by Crippen LogP contribution is -2.42. The van der Waals surface area contributed by atoms with Crippen LogP contribution in [0.1, 0.15) is 38.5 Å². The van der Waals surface area contributed by atoms with E-state index in [0.717, 1.165) is 36.8 Å². The summed E-state index contributed by atoms with van der Waals surface area (Å²) in [6.07, 6.45) is 3.10. The van der Waals surface area contributed by atoms with Gasteiger partial charge in [-0.25, -0.2) is 4.57 Å². The van der Waals surface area contributed by atoms with Gasteiger partial charge in [0.1, 0.15) is 18.4 Å². The summed E-state index contributed by atoms with van der Waals surface area (Å²) >= 11 is 0. The van der Waals surface area contributed by atoms with Crippen LogP contribution in [0.3, 0.4) is 0 Å². The molecule has 2 rings (SSSR count). The lowest BCUT2D eigenvalue weighted by molar-refractivity contribution is -0.873. The van der Waals surface area contributed by atoms with Crippen LogP contribution in [-0.2, 0) is 18.4 Å². The van der Waals surface area contributed by atoms with Gasteiger partial charge in [0.25, 0.3) is 0 Å². The van der Waals surface area contributed by atoms with Gasteiger partial charge in [-0.1, -0.05) is 49.6 Å². The maximum absolute atomic E-state index is 12.2. The molecule has 0 radical (unpaired) electrons. The molecule has 0 aromatic heterocycles. The van der Waals surface area contributed by atoms with Crippen molar-refractivity contribution in [3.63, 3.8) is 0 Å². The van der Waals surface area contributed by atoms with Crippen LogP contribution in [0.4, 0.5) is 0 Å². The molecule has 184 valence electrons. The monoisotopic (exact) mass is 482 g/mol. The molecule has 2 aromatic rings. The topological polar surface area (TPSA) is 102 Å². The minimum Gasteiger partial charge on any atom is -0.494 e. The van der Waals surface area contributed by atoms with Gasteiger partial charge in [0.05, 0.1) is 40.8 Å². The van der Waals surface area contributed by atoms with E-state index in [1.807, 2.05) is 45.4 Å². The third-order valence-electron chi connectivity index (χ3n) is 4.97. The minimum absolute atomic E-state index is 0.0888. The number of hydrogen-bond acceptors (Lipinski definition) is 5. The SMILES string of the molecule is C[N+](C)(C)CC(CC(=O)O)OP(=O)(O)OCCCCCCCOc1ccc2ccccc2c1. The number of aliphatic carboxylic acids is 1. The van der Waals surface area contributed by atoms with Gasteiger partial charge in [0.15, 0.2) is 0 Å². The highest BCUT2D eigenvalue weighted by molar-refractivity contribution is 7.47. The fraction of sp³-hybridized carbons (Fsp3) is 0.542. The number of unbranched alkanes of at least 4 members (excludes halogenated alkanes) is 4. The van der Waals surface area contributed by atoms with E-state index in [4.69, 9.17) is 18.9 Å². The number of likely N-dealkylation sites (N-methyl/N-ethyl adjacent to an activating group) is 1. The quantitative estimate of drug-likeness (QED) is 0.200. The Kier molecular flexibility index (Phi) is 10.8. The molecular formula is C24H37NO7P+. The van der Waals surface area contributed by atoms with Gasteiger partial charge in [-0.2, -0.15) is 0 Å². The second-order valence-electron chi connectivity index (χ2n) is 9.23. The number of carbonyl (C=O) groups is 1. The number of benzene rings is 2. The van der Waals surface area contributed by atoms with E-state index in [1.54, 1.807) is 0 Å². The third-order valence-corrected chi connectivity index (χ3v) is 6.04. The molecule has 2 N–H and O–H groups in total. The van der Waals surface area contributed by atoms with Crippen molar-refractivity contribution in [3.8, 4) is 5.75 Å². The molecule has 0 fully saturated rings. The average Bonchev–Trinajstić information content (AvgIpc) is 2.70. The summed E-state index contributed by atoms with van der Waals surface area (Å²) in [4.78, 5) is 20.9. The van der Waals surface area contributed by atoms with Crippen molar-refractivity contribution in [1.29, 1.82) is 0 Å². The predicted molar refractivity (Wildman–Crippen MR) is 128 cm³/mol. The molecule has 0 aliphatic heterocycles. The van der Waals surface area contributed by atoms with E-state index in [9.17, 15) is 14.3 Å². The smallest absolute Gasteiger partial charge is 0.472 e. The number of phosphoric acid groups is 1. The Morgan fingerprint density at radius 2 is 1.61 bits per heavy atom. The summed E-state index contributed by atoms with van der Waals surface area (Å²) in [5.74, 6) is -0.217. The number of nitrogens with zero attached hydrogens (tertiary/aromatic N) is 1. The zero-order chi connectivity index (χ0) is 24.3. The Bertz CT molecular complexity index is 928. The Balaban J connectivity index is 1.58. The van der Waals surface area contributed by atoms with Gasteiger partial charge in [-0.3, -0.25) is 13.8 Å². The Hall–Kier alpha value is -1.96. The number of carboxylic acid groups (broad SMARTS) is 1. The molecule has 2 atom stereocenters. The molecule has 8 nitrogen and oxygen atoms in total. The Morgan fingerprint density at radius 3 is 2.27 bits per heavy atom. The standard InChI is InChI=1S/C24H36NO7P/c1-25(2,3)19-23(18-24(26)27)32-33(28,29)31-16-10-6-4-5-9-15-30-22-14-13-20-11-7-8-12-21(20)17-22/h7-8,11-14,17,23H,4-6,9-10,15-16,18-19H2,1-3H3,(H-,26,27,28,29)/p+1. The minimum atomic E-state index is -4.30. The summed E-state index contributed by atoms with van der Waals surface area (Å²) in [6, 6.07) is 14.3. The number of rotatable bonds is 16. The van der Waals surface area contributed by atoms with Crippen molar-refractivity contribution in [3.05, 3.63) is 42.5 Å². The second kappa shape index (κ2) is 13.1. The summed E-state index contributed by atoms with van der Waals surface area (Å²) in [5, 5.41) is 11.4. The number of carboxylic acids is 1. The van der Waals surface area contributed by atoms with Crippen LogP contribution < -0.4 is 4.74 Å². The molecule has 0 aliphatic rings. The van der Waals surface area contributed by atoms with E-state index < -0.39 is 19.9 Å². The van der Waals surface area contributed by atoms with Gasteiger partial charge in [0.2, 0.25) is 0 Å². The molecule has 0 spiro atoms. The van der Waals surface area contributed by atoms with E-state index >= 15 is 0 Å². The van der Waals surface area contributed by atoms with E-state index in [-0.39, 0.29) is 19.6 Å². The molecule has 0 bridgehead atoms. The fourth-order valence-electron chi connectivity index (χ4n) is 3.52. The van der Waals surface area contributed by atoms with E-state index in [2.05, 4.69) is 18.2 Å². The van der Waals surface area contributed by atoms with Crippen molar-refractivity contribution in [1.82, 2.24) is 0 Å². The summed E-state index contributed by atoms with van der Waals surface area (Å²) < 4.78 is 28.6. The lowest BCUT2D eigenvalue weighted by Gasteiger charge is -2.29. The van der Waals surface area contributed by atoms with Crippen LogP contribution in [0.15, 0.2) is 42.5 Å². The molecule has 0 saturated carbocycles. The molecule has 9 heteroatoms.